The Morgan fingerprint density at radius 1 is 1.27 bits per heavy atom. The molecule has 3 rings (SSSR count). The second-order valence-corrected chi connectivity index (χ2v) is 6.83. The standard InChI is InChI=1S/C19H18N2O4S/c1-24-16-11-13(12-20)7-8-15(16)25-19(23)14-5-2-3-9-21(14)18(22)17-6-4-10-26-17/h4,6-8,10-11,14H,2-3,5,9H2,1H3. The Balaban J connectivity index is 1.79. The van der Waals surface area contributed by atoms with E-state index < -0.39 is 12.0 Å². The maximum Gasteiger partial charge on any atom is 0.334 e. The summed E-state index contributed by atoms with van der Waals surface area (Å²) < 4.78 is 10.7. The third kappa shape index (κ3) is 3.70. The van der Waals surface area contributed by atoms with Crippen molar-refractivity contribution in [3.05, 3.63) is 46.2 Å². The van der Waals surface area contributed by atoms with E-state index in [0.717, 1.165) is 12.8 Å². The number of ether oxygens (including phenoxy) is 2. The van der Waals surface area contributed by atoms with E-state index in [2.05, 4.69) is 0 Å². The maximum atomic E-state index is 12.7. The number of carbonyl (C=O) groups excluding carboxylic acids is 2. The molecule has 0 bridgehead atoms. The van der Waals surface area contributed by atoms with E-state index in [-0.39, 0.29) is 11.7 Å². The highest BCUT2D eigenvalue weighted by Gasteiger charge is 2.34. The van der Waals surface area contributed by atoms with Crippen LogP contribution in [0.3, 0.4) is 0 Å². The van der Waals surface area contributed by atoms with Gasteiger partial charge in [-0.3, -0.25) is 4.79 Å². The molecule has 1 fully saturated rings. The molecular weight excluding hydrogens is 352 g/mol. The quantitative estimate of drug-likeness (QED) is 0.610. The first-order valence-corrected chi connectivity index (χ1v) is 9.16. The lowest BCUT2D eigenvalue weighted by molar-refractivity contribution is -0.140. The zero-order chi connectivity index (χ0) is 18.5. The Morgan fingerprint density at radius 3 is 2.81 bits per heavy atom. The van der Waals surface area contributed by atoms with Crippen molar-refractivity contribution in [2.24, 2.45) is 0 Å². The molecule has 6 nitrogen and oxygen atoms in total. The van der Waals surface area contributed by atoms with Gasteiger partial charge in [0.25, 0.3) is 5.91 Å². The predicted molar refractivity (Wildman–Crippen MR) is 96.3 cm³/mol. The van der Waals surface area contributed by atoms with Crippen molar-refractivity contribution in [2.45, 2.75) is 25.3 Å². The van der Waals surface area contributed by atoms with Crippen molar-refractivity contribution in [2.75, 3.05) is 13.7 Å². The van der Waals surface area contributed by atoms with Crippen molar-refractivity contribution in [3.8, 4) is 17.6 Å². The highest BCUT2D eigenvalue weighted by molar-refractivity contribution is 7.12. The fraction of sp³-hybridized carbons (Fsp3) is 0.316. The van der Waals surface area contributed by atoms with E-state index in [1.54, 1.807) is 17.0 Å². The number of hydrogen-bond acceptors (Lipinski definition) is 6. The number of amides is 1. The van der Waals surface area contributed by atoms with E-state index in [9.17, 15) is 9.59 Å². The smallest absolute Gasteiger partial charge is 0.334 e. The second-order valence-electron chi connectivity index (χ2n) is 5.89. The normalized spacial score (nSPS) is 16.6. The van der Waals surface area contributed by atoms with Gasteiger partial charge in [-0.05, 0) is 42.8 Å². The summed E-state index contributed by atoms with van der Waals surface area (Å²) in [4.78, 5) is 27.6. The van der Waals surface area contributed by atoms with Crippen LogP contribution in [0.2, 0.25) is 0 Å². The first kappa shape index (κ1) is 18.0. The summed E-state index contributed by atoms with van der Waals surface area (Å²) in [6.45, 7) is 0.529. The summed E-state index contributed by atoms with van der Waals surface area (Å²) in [7, 11) is 1.45. The van der Waals surface area contributed by atoms with E-state index in [1.807, 2.05) is 17.5 Å². The van der Waals surface area contributed by atoms with Crippen LogP contribution in [0.15, 0.2) is 35.7 Å². The molecule has 0 aliphatic carbocycles. The number of likely N-dealkylation sites (tertiary alicyclic amines) is 1. The van der Waals surface area contributed by atoms with Crippen LogP contribution >= 0.6 is 11.3 Å². The van der Waals surface area contributed by atoms with Gasteiger partial charge in [0.1, 0.15) is 6.04 Å². The lowest BCUT2D eigenvalue weighted by atomic mass is 10.0. The van der Waals surface area contributed by atoms with Crippen molar-refractivity contribution in [1.29, 1.82) is 5.26 Å². The molecule has 1 aliphatic heterocycles. The molecule has 7 heteroatoms. The number of piperidine rings is 1. The molecule has 1 aromatic carbocycles. The summed E-state index contributed by atoms with van der Waals surface area (Å²) in [6.07, 6.45) is 2.29. The Hall–Kier alpha value is -2.85. The number of methoxy groups -OCH3 is 1. The largest absolute Gasteiger partial charge is 0.493 e. The fourth-order valence-corrected chi connectivity index (χ4v) is 3.64. The summed E-state index contributed by atoms with van der Waals surface area (Å²) >= 11 is 1.36. The van der Waals surface area contributed by atoms with Gasteiger partial charge in [-0.25, -0.2) is 4.79 Å². The van der Waals surface area contributed by atoms with Crippen LogP contribution in [0.4, 0.5) is 0 Å². The van der Waals surface area contributed by atoms with Crippen LogP contribution in [0, 0.1) is 11.3 Å². The van der Waals surface area contributed by atoms with E-state index in [1.165, 1.54) is 30.6 Å². The monoisotopic (exact) mass is 370 g/mol. The van der Waals surface area contributed by atoms with Crippen molar-refractivity contribution in [3.63, 3.8) is 0 Å². The summed E-state index contributed by atoms with van der Waals surface area (Å²) in [5.74, 6) is -0.0824. The highest BCUT2D eigenvalue weighted by Crippen LogP contribution is 2.30. The van der Waals surface area contributed by atoms with Gasteiger partial charge in [0.15, 0.2) is 11.5 Å². The lowest BCUT2D eigenvalue weighted by Gasteiger charge is -2.33. The van der Waals surface area contributed by atoms with Crippen molar-refractivity contribution in [1.82, 2.24) is 4.90 Å². The van der Waals surface area contributed by atoms with Gasteiger partial charge >= 0.3 is 5.97 Å². The average Bonchev–Trinajstić information content (AvgIpc) is 3.22. The fourth-order valence-electron chi connectivity index (χ4n) is 2.96. The van der Waals surface area contributed by atoms with Crippen molar-refractivity contribution >= 4 is 23.2 Å². The number of carbonyl (C=O) groups is 2. The number of rotatable bonds is 4. The van der Waals surface area contributed by atoms with Gasteiger partial charge in [0.05, 0.1) is 23.6 Å². The molecule has 1 aromatic heterocycles. The lowest BCUT2D eigenvalue weighted by Crippen LogP contribution is -2.49. The third-order valence-corrected chi connectivity index (χ3v) is 5.13. The van der Waals surface area contributed by atoms with Crippen LogP contribution in [0.5, 0.6) is 11.5 Å². The predicted octanol–water partition coefficient (Wildman–Crippen LogP) is 3.23. The molecule has 0 N–H and O–H groups in total. The molecular formula is C19H18N2O4S. The van der Waals surface area contributed by atoms with Crippen LogP contribution in [-0.2, 0) is 4.79 Å². The molecule has 0 saturated carbocycles. The topological polar surface area (TPSA) is 79.6 Å². The van der Waals surface area contributed by atoms with Crippen LogP contribution in [0.1, 0.15) is 34.5 Å². The molecule has 0 spiro atoms. The van der Waals surface area contributed by atoms with Gasteiger partial charge in [-0.15, -0.1) is 11.3 Å². The first-order chi connectivity index (χ1) is 12.6. The van der Waals surface area contributed by atoms with Gasteiger partial charge in [-0.2, -0.15) is 5.26 Å². The molecule has 26 heavy (non-hydrogen) atoms. The number of benzene rings is 1. The number of hydrogen-bond donors (Lipinski definition) is 0. The number of esters is 1. The minimum Gasteiger partial charge on any atom is -0.493 e. The Kier molecular flexibility index (Phi) is 5.54. The van der Waals surface area contributed by atoms with Gasteiger partial charge < -0.3 is 14.4 Å². The maximum absolute atomic E-state index is 12.7. The highest BCUT2D eigenvalue weighted by atomic mass is 32.1. The molecule has 1 saturated heterocycles. The van der Waals surface area contributed by atoms with Gasteiger partial charge in [0, 0.05) is 12.6 Å². The van der Waals surface area contributed by atoms with Crippen molar-refractivity contribution < 1.29 is 19.1 Å². The summed E-state index contributed by atoms with van der Waals surface area (Å²) in [5.41, 5.74) is 0.411. The third-order valence-electron chi connectivity index (χ3n) is 4.27. The van der Waals surface area contributed by atoms with E-state index in [0.29, 0.717) is 29.2 Å². The number of nitriles is 1. The minimum absolute atomic E-state index is 0.145. The molecule has 2 aromatic rings. The van der Waals surface area contributed by atoms with E-state index >= 15 is 0 Å². The molecule has 134 valence electrons. The Labute approximate surface area is 155 Å². The number of nitrogens with zero attached hydrogens (tertiary/aromatic N) is 2. The molecule has 0 radical (unpaired) electrons. The Bertz CT molecular complexity index is 842. The van der Waals surface area contributed by atoms with Gasteiger partial charge in [0.2, 0.25) is 0 Å². The van der Waals surface area contributed by atoms with Gasteiger partial charge in [-0.1, -0.05) is 6.07 Å². The molecule has 2 heterocycles. The molecule has 1 amide bonds. The Morgan fingerprint density at radius 2 is 2.12 bits per heavy atom. The summed E-state index contributed by atoms with van der Waals surface area (Å²) in [6, 6.07) is 9.56. The zero-order valence-electron chi connectivity index (χ0n) is 14.3. The summed E-state index contributed by atoms with van der Waals surface area (Å²) in [5, 5.41) is 10.8. The van der Waals surface area contributed by atoms with E-state index in [4.69, 9.17) is 14.7 Å². The SMILES string of the molecule is COc1cc(C#N)ccc1OC(=O)C1CCCCN1C(=O)c1cccs1. The molecule has 1 atom stereocenters. The minimum atomic E-state index is -0.626. The second kappa shape index (κ2) is 8.02. The first-order valence-electron chi connectivity index (χ1n) is 8.28. The zero-order valence-corrected chi connectivity index (χ0v) is 15.1. The average molecular weight is 370 g/mol. The van der Waals surface area contributed by atoms with Crippen LogP contribution in [0.25, 0.3) is 0 Å². The van der Waals surface area contributed by atoms with Crippen LogP contribution in [-0.4, -0.2) is 36.5 Å². The molecule has 1 aliphatic rings. The number of thiophene rings is 1. The molecule has 1 unspecified atom stereocenters. The van der Waals surface area contributed by atoms with Crippen LogP contribution < -0.4 is 9.47 Å².